The topological polar surface area (TPSA) is 81.7 Å². The first-order valence-electron chi connectivity index (χ1n) is 17.3. The van der Waals surface area contributed by atoms with E-state index in [9.17, 15) is 14.7 Å². The fourth-order valence-electron chi connectivity index (χ4n) is 6.46. The van der Waals surface area contributed by atoms with Gasteiger partial charge in [-0.3, -0.25) is 4.79 Å². The molecule has 3 unspecified atom stereocenters. The normalized spacial score (nSPS) is 20.9. The molecule has 3 atom stereocenters. The maximum Gasteiger partial charge on any atom is 0.407 e. The summed E-state index contributed by atoms with van der Waals surface area (Å²) in [4.78, 5) is 26.5. The standard InChI is InChI=1S/C34H63N3O3/c1-2-3-4-5-6-7-8-9-10-11-12-13-14-15-16-21-28-37(34(39)40)29-30-22-17-18-24-32(30)33(38)36-27-25-31-23-19-20-26-35-31/h17-18,30-32,35H,2-16,19-29H2,1H3,(H,36,38)(H,39,40). The number of nitrogens with one attached hydrogen (secondary N) is 2. The molecule has 0 bridgehead atoms. The van der Waals surface area contributed by atoms with Gasteiger partial charge in [0.1, 0.15) is 0 Å². The smallest absolute Gasteiger partial charge is 0.407 e. The van der Waals surface area contributed by atoms with Crippen LogP contribution in [0.5, 0.6) is 0 Å². The highest BCUT2D eigenvalue weighted by molar-refractivity contribution is 5.79. The van der Waals surface area contributed by atoms with Crippen molar-refractivity contribution >= 4 is 12.0 Å². The third kappa shape index (κ3) is 16.0. The lowest BCUT2D eigenvalue weighted by molar-refractivity contribution is -0.127. The van der Waals surface area contributed by atoms with Gasteiger partial charge in [-0.25, -0.2) is 4.79 Å². The molecule has 1 aliphatic heterocycles. The quantitative estimate of drug-likeness (QED) is 0.0863. The molecule has 6 heteroatoms. The zero-order valence-corrected chi connectivity index (χ0v) is 26.0. The Hall–Kier alpha value is -1.56. The third-order valence-electron chi connectivity index (χ3n) is 9.11. The van der Waals surface area contributed by atoms with Crippen molar-refractivity contribution < 1.29 is 14.7 Å². The first kappa shape index (κ1) is 34.6. The van der Waals surface area contributed by atoms with E-state index in [1.807, 2.05) is 0 Å². The minimum absolute atomic E-state index is 0.0648. The molecule has 1 fully saturated rings. The molecule has 2 aliphatic rings. The summed E-state index contributed by atoms with van der Waals surface area (Å²) in [5.74, 6) is 0.0323. The molecule has 6 nitrogen and oxygen atoms in total. The van der Waals surface area contributed by atoms with Crippen LogP contribution < -0.4 is 10.6 Å². The Balaban J connectivity index is 1.52. The Morgan fingerprint density at radius 1 is 0.825 bits per heavy atom. The van der Waals surface area contributed by atoms with E-state index in [2.05, 4.69) is 29.7 Å². The molecule has 2 amide bonds. The van der Waals surface area contributed by atoms with E-state index in [4.69, 9.17) is 0 Å². The fourth-order valence-corrected chi connectivity index (χ4v) is 6.46. The monoisotopic (exact) mass is 561 g/mol. The molecule has 0 radical (unpaired) electrons. The van der Waals surface area contributed by atoms with Crippen molar-refractivity contribution in [3.8, 4) is 0 Å². The first-order valence-corrected chi connectivity index (χ1v) is 17.3. The SMILES string of the molecule is CCCCCCCCCCCCCCCCCCN(CC1CC=CCC1C(=O)NCCC1CCCCN1)C(=O)O. The molecule has 1 aliphatic carbocycles. The maximum atomic E-state index is 13.0. The van der Waals surface area contributed by atoms with Crippen LogP contribution in [0.1, 0.15) is 148 Å². The van der Waals surface area contributed by atoms with Gasteiger partial charge in [0.05, 0.1) is 0 Å². The highest BCUT2D eigenvalue weighted by Gasteiger charge is 2.31. The van der Waals surface area contributed by atoms with Gasteiger partial charge in [0, 0.05) is 31.6 Å². The van der Waals surface area contributed by atoms with E-state index < -0.39 is 6.09 Å². The molecule has 40 heavy (non-hydrogen) atoms. The van der Waals surface area contributed by atoms with Crippen molar-refractivity contribution in [1.82, 2.24) is 15.5 Å². The molecular formula is C34H63N3O3. The molecule has 1 saturated heterocycles. The highest BCUT2D eigenvalue weighted by Crippen LogP contribution is 2.27. The van der Waals surface area contributed by atoms with Crippen LogP contribution in [0, 0.1) is 11.8 Å². The fraction of sp³-hybridized carbons (Fsp3) is 0.882. The largest absolute Gasteiger partial charge is 0.465 e. The van der Waals surface area contributed by atoms with Gasteiger partial charge in [-0.05, 0) is 51.0 Å². The zero-order chi connectivity index (χ0) is 28.7. The minimum atomic E-state index is -0.849. The van der Waals surface area contributed by atoms with Crippen LogP contribution in [-0.2, 0) is 4.79 Å². The molecule has 0 aromatic heterocycles. The molecular weight excluding hydrogens is 498 g/mol. The van der Waals surface area contributed by atoms with Crippen LogP contribution in [0.4, 0.5) is 4.79 Å². The second-order valence-electron chi connectivity index (χ2n) is 12.6. The Morgan fingerprint density at radius 2 is 1.40 bits per heavy atom. The molecule has 0 aromatic rings. The summed E-state index contributed by atoms with van der Waals surface area (Å²) in [6, 6.07) is 0.512. The molecule has 3 N–H and O–H groups in total. The van der Waals surface area contributed by atoms with Crippen molar-refractivity contribution in [2.45, 2.75) is 154 Å². The Labute approximate surface area is 246 Å². The predicted molar refractivity (Wildman–Crippen MR) is 168 cm³/mol. The molecule has 1 heterocycles. The number of unbranched alkanes of at least 4 members (excludes halogenated alkanes) is 15. The third-order valence-corrected chi connectivity index (χ3v) is 9.11. The van der Waals surface area contributed by atoms with Crippen molar-refractivity contribution in [3.63, 3.8) is 0 Å². The van der Waals surface area contributed by atoms with E-state index in [1.165, 1.54) is 109 Å². The van der Waals surface area contributed by atoms with Crippen LogP contribution in [0.3, 0.4) is 0 Å². The van der Waals surface area contributed by atoms with Gasteiger partial charge in [0.15, 0.2) is 0 Å². The van der Waals surface area contributed by atoms with Gasteiger partial charge in [-0.2, -0.15) is 0 Å². The van der Waals surface area contributed by atoms with Gasteiger partial charge in [0.2, 0.25) is 5.91 Å². The van der Waals surface area contributed by atoms with Crippen LogP contribution >= 0.6 is 0 Å². The number of carbonyl (C=O) groups is 2. The molecule has 0 spiro atoms. The van der Waals surface area contributed by atoms with E-state index in [0.29, 0.717) is 32.1 Å². The summed E-state index contributed by atoms with van der Waals surface area (Å²) in [7, 11) is 0. The first-order chi connectivity index (χ1) is 19.6. The van der Waals surface area contributed by atoms with Crippen LogP contribution in [0.25, 0.3) is 0 Å². The van der Waals surface area contributed by atoms with Crippen LogP contribution in [0.15, 0.2) is 12.2 Å². The Morgan fingerprint density at radius 3 is 1.95 bits per heavy atom. The molecule has 0 aromatic carbocycles. The lowest BCUT2D eigenvalue weighted by Gasteiger charge is -2.32. The number of carboxylic acid groups (broad SMARTS) is 1. The van der Waals surface area contributed by atoms with Crippen molar-refractivity contribution in [2.24, 2.45) is 11.8 Å². The Bertz CT molecular complexity index is 677. The highest BCUT2D eigenvalue weighted by atomic mass is 16.4. The van der Waals surface area contributed by atoms with Gasteiger partial charge >= 0.3 is 6.09 Å². The lowest BCUT2D eigenvalue weighted by Crippen LogP contribution is -2.44. The van der Waals surface area contributed by atoms with E-state index in [0.717, 1.165) is 32.2 Å². The second kappa shape index (κ2) is 23.1. The minimum Gasteiger partial charge on any atom is -0.465 e. The van der Waals surface area contributed by atoms with Crippen molar-refractivity contribution in [3.05, 3.63) is 12.2 Å². The van der Waals surface area contributed by atoms with Gasteiger partial charge < -0.3 is 20.6 Å². The average molecular weight is 562 g/mol. The number of amides is 2. The summed E-state index contributed by atoms with van der Waals surface area (Å²) in [5, 5.41) is 16.5. The van der Waals surface area contributed by atoms with Gasteiger partial charge in [-0.15, -0.1) is 0 Å². The average Bonchev–Trinajstić information content (AvgIpc) is 2.97. The number of hydrogen-bond donors (Lipinski definition) is 3. The second-order valence-corrected chi connectivity index (χ2v) is 12.6. The maximum absolute atomic E-state index is 13.0. The van der Waals surface area contributed by atoms with Gasteiger partial charge in [0.25, 0.3) is 0 Å². The predicted octanol–water partition coefficient (Wildman–Crippen LogP) is 8.46. The van der Waals surface area contributed by atoms with Crippen LogP contribution in [0.2, 0.25) is 0 Å². The lowest BCUT2D eigenvalue weighted by atomic mass is 9.82. The van der Waals surface area contributed by atoms with E-state index in [1.54, 1.807) is 4.90 Å². The summed E-state index contributed by atoms with van der Waals surface area (Å²) < 4.78 is 0. The number of hydrogen-bond acceptors (Lipinski definition) is 3. The van der Waals surface area contributed by atoms with Crippen molar-refractivity contribution in [2.75, 3.05) is 26.2 Å². The van der Waals surface area contributed by atoms with Crippen LogP contribution in [-0.4, -0.2) is 54.2 Å². The van der Waals surface area contributed by atoms with Gasteiger partial charge in [-0.1, -0.05) is 122 Å². The molecule has 2 rings (SSSR count). The van der Waals surface area contributed by atoms with E-state index in [-0.39, 0.29) is 17.7 Å². The zero-order valence-electron chi connectivity index (χ0n) is 26.0. The summed E-state index contributed by atoms with van der Waals surface area (Å²) in [5.41, 5.74) is 0. The Kier molecular flexibility index (Phi) is 20.0. The van der Waals surface area contributed by atoms with E-state index >= 15 is 0 Å². The number of piperidine rings is 1. The summed E-state index contributed by atoms with van der Waals surface area (Å²) in [6.45, 7) is 5.10. The summed E-state index contributed by atoms with van der Waals surface area (Å²) in [6.07, 6.45) is 30.6. The number of allylic oxidation sites excluding steroid dienone is 2. The molecule has 0 saturated carbocycles. The number of rotatable bonds is 23. The number of carbonyl (C=O) groups excluding carboxylic acids is 1. The summed E-state index contributed by atoms with van der Waals surface area (Å²) >= 11 is 0. The number of nitrogens with zero attached hydrogens (tertiary/aromatic N) is 1. The molecule has 232 valence electrons. The van der Waals surface area contributed by atoms with Crippen molar-refractivity contribution in [1.29, 1.82) is 0 Å².